The largest absolute Gasteiger partial charge is 1.00 e. The van der Waals surface area contributed by atoms with Gasteiger partial charge in [0.05, 0.1) is 0 Å². The van der Waals surface area contributed by atoms with Crippen molar-refractivity contribution in [2.75, 3.05) is 5.75 Å². The predicted molar refractivity (Wildman–Crippen MR) is 49.0 cm³/mol. The van der Waals surface area contributed by atoms with Crippen molar-refractivity contribution in [2.45, 2.75) is 6.42 Å². The summed E-state index contributed by atoms with van der Waals surface area (Å²) in [6.07, 6.45) is 0.221. The number of rotatable bonds is 4. The van der Waals surface area contributed by atoms with E-state index in [1.807, 2.05) is 0 Å². The van der Waals surface area contributed by atoms with E-state index in [0.29, 0.717) is 0 Å². The quantitative estimate of drug-likeness (QED) is 0.209. The van der Waals surface area contributed by atoms with Gasteiger partial charge >= 0.3 is 52.3 Å². The van der Waals surface area contributed by atoms with Crippen LogP contribution in [0.4, 0.5) is 0 Å². The minimum Gasteiger partial charge on any atom is -0.342 e. The van der Waals surface area contributed by atoms with Gasteiger partial charge in [0, 0.05) is 5.75 Å². The van der Waals surface area contributed by atoms with Crippen LogP contribution in [-0.2, 0) is 36.5 Å². The maximum atomic E-state index is 9.75. The Hall–Kier alpha value is 1.09. The van der Waals surface area contributed by atoms with Crippen LogP contribution in [0.1, 0.15) is 6.42 Å². The average molecular weight is 292 g/mol. The zero-order valence-electron chi connectivity index (χ0n) is 7.73. The van der Waals surface area contributed by atoms with Crippen LogP contribution in [0.15, 0.2) is 0 Å². The molecule has 15 heavy (non-hydrogen) atoms. The Morgan fingerprint density at radius 1 is 1.20 bits per heavy atom. The molecule has 0 saturated carbocycles. The SMILES string of the molecule is O=S(O)OS(=O)O.[CH2-]CCS(=O)(=O)O.[Na+]. The molecule has 3 N–H and O–H groups in total. The Labute approximate surface area is 115 Å². The van der Waals surface area contributed by atoms with Crippen LogP contribution in [-0.4, -0.2) is 36.2 Å². The molecule has 88 valence electrons. The van der Waals surface area contributed by atoms with E-state index in [0.717, 1.165) is 0 Å². The summed E-state index contributed by atoms with van der Waals surface area (Å²) in [4.78, 5) is 0. The van der Waals surface area contributed by atoms with Crippen LogP contribution in [0, 0.1) is 6.92 Å². The van der Waals surface area contributed by atoms with Crippen molar-refractivity contribution in [2.24, 2.45) is 0 Å². The van der Waals surface area contributed by atoms with Crippen molar-refractivity contribution in [1.29, 1.82) is 0 Å². The van der Waals surface area contributed by atoms with E-state index in [2.05, 4.69) is 10.6 Å². The van der Waals surface area contributed by atoms with Crippen molar-refractivity contribution in [1.82, 2.24) is 0 Å². The van der Waals surface area contributed by atoms with Gasteiger partial charge in [0.2, 0.25) is 0 Å². The first-order valence-electron chi connectivity index (χ1n) is 2.84. The van der Waals surface area contributed by atoms with Crippen LogP contribution in [0.25, 0.3) is 0 Å². The minimum atomic E-state index is -3.74. The summed E-state index contributed by atoms with van der Waals surface area (Å²) in [5.74, 6) is -0.243. The molecule has 0 fully saturated rings. The van der Waals surface area contributed by atoms with E-state index >= 15 is 0 Å². The summed E-state index contributed by atoms with van der Waals surface area (Å²) in [7, 11) is -3.74. The van der Waals surface area contributed by atoms with Crippen LogP contribution in [0.2, 0.25) is 0 Å². The third kappa shape index (κ3) is 31.3. The molecule has 0 saturated heterocycles. The molecule has 0 aromatic heterocycles. The Morgan fingerprint density at radius 3 is 1.53 bits per heavy atom. The van der Waals surface area contributed by atoms with Gasteiger partial charge in [-0.1, -0.05) is 0 Å². The fourth-order valence-electron chi connectivity index (χ4n) is 0.232. The van der Waals surface area contributed by atoms with E-state index in [9.17, 15) is 16.8 Å². The molecule has 0 aromatic rings. The Kier molecular flexibility index (Phi) is 16.5. The molecular weight excluding hydrogens is 283 g/mol. The fourth-order valence-corrected chi connectivity index (χ4v) is 0.995. The zero-order valence-corrected chi connectivity index (χ0v) is 12.2. The van der Waals surface area contributed by atoms with Gasteiger partial charge in [-0.25, -0.2) is 0 Å². The second kappa shape index (κ2) is 11.6. The first-order chi connectivity index (χ1) is 6.19. The van der Waals surface area contributed by atoms with Gasteiger partial charge in [-0.05, 0) is 0 Å². The Bertz CT molecular complexity index is 274. The molecule has 0 heterocycles. The monoisotopic (exact) mass is 292 g/mol. The first kappa shape index (κ1) is 21.4. The molecule has 0 aliphatic carbocycles. The molecule has 0 rings (SSSR count). The topological polar surface area (TPSA) is 138 Å². The predicted octanol–water partition coefficient (Wildman–Crippen LogP) is -3.62. The summed E-state index contributed by atoms with van der Waals surface area (Å²) >= 11 is -5.29. The second-order valence-corrected chi connectivity index (χ2v) is 4.63. The summed E-state index contributed by atoms with van der Waals surface area (Å²) < 4.78 is 64.7. The van der Waals surface area contributed by atoms with Crippen LogP contribution >= 0.6 is 0 Å². The molecule has 0 radical (unpaired) electrons. The van der Waals surface area contributed by atoms with Crippen molar-refractivity contribution in [3.63, 3.8) is 0 Å². The minimum absolute atomic E-state index is 0. The summed E-state index contributed by atoms with van der Waals surface area (Å²) in [6, 6.07) is 0. The summed E-state index contributed by atoms with van der Waals surface area (Å²) in [5, 5.41) is 0. The molecule has 0 spiro atoms. The van der Waals surface area contributed by atoms with Gasteiger partial charge in [-0.15, -0.1) is 3.63 Å². The van der Waals surface area contributed by atoms with Crippen LogP contribution < -0.4 is 29.6 Å². The molecule has 0 bridgehead atoms. The van der Waals surface area contributed by atoms with E-state index in [1.54, 1.807) is 0 Å². The van der Waals surface area contributed by atoms with Crippen LogP contribution in [0.3, 0.4) is 0 Å². The molecule has 0 aromatic carbocycles. The maximum Gasteiger partial charge on any atom is 1.00 e. The van der Waals surface area contributed by atoms with E-state index in [1.165, 1.54) is 0 Å². The molecule has 8 nitrogen and oxygen atoms in total. The molecule has 0 aliphatic rings. The van der Waals surface area contributed by atoms with Gasteiger partial charge in [-0.2, -0.15) is 23.3 Å². The molecule has 0 amide bonds. The molecule has 0 unspecified atom stereocenters. The zero-order chi connectivity index (χ0) is 11.8. The standard InChI is InChI=1S/C3H7O3S.Na.H2O5S2/c1-2-3-7(4,5)6;;1-6(2)5-7(3)4/h1-3H2,(H,4,5,6);;(H,1,2)(H,3,4)/q-1;+1;. The summed E-state index contributed by atoms with van der Waals surface area (Å²) in [6.45, 7) is 3.23. The van der Waals surface area contributed by atoms with Crippen molar-refractivity contribution in [3.05, 3.63) is 6.92 Å². The Balaban J connectivity index is -0.000000180. The molecule has 0 atom stereocenters. The van der Waals surface area contributed by atoms with Gasteiger partial charge < -0.3 is 6.92 Å². The van der Waals surface area contributed by atoms with E-state index < -0.39 is 32.8 Å². The van der Waals surface area contributed by atoms with Gasteiger partial charge in [0.15, 0.2) is 0 Å². The second-order valence-electron chi connectivity index (χ2n) is 1.64. The summed E-state index contributed by atoms with van der Waals surface area (Å²) in [5.41, 5.74) is 0. The third-order valence-corrected chi connectivity index (χ3v) is 2.25. The third-order valence-electron chi connectivity index (χ3n) is 0.519. The molecule has 12 heteroatoms. The fraction of sp³-hybridized carbons (Fsp3) is 0.667. The smallest absolute Gasteiger partial charge is 0.342 e. The molecule has 0 aliphatic heterocycles. The molecular formula is C3H9NaO8S3. The number of hydrogen-bond acceptors (Lipinski definition) is 5. The van der Waals surface area contributed by atoms with Crippen molar-refractivity contribution in [3.8, 4) is 0 Å². The normalized spacial score (nSPS) is 14.1. The van der Waals surface area contributed by atoms with Crippen molar-refractivity contribution >= 4 is 32.8 Å². The van der Waals surface area contributed by atoms with Crippen LogP contribution in [0.5, 0.6) is 0 Å². The van der Waals surface area contributed by atoms with Gasteiger partial charge in [0.1, 0.15) is 0 Å². The maximum absolute atomic E-state index is 9.75. The first-order valence-corrected chi connectivity index (χ1v) is 6.51. The van der Waals surface area contributed by atoms with E-state index in [4.69, 9.17) is 13.7 Å². The number of hydrogen-bond donors (Lipinski definition) is 3. The Morgan fingerprint density at radius 2 is 1.53 bits per heavy atom. The van der Waals surface area contributed by atoms with Crippen molar-refractivity contribution < 1.29 is 63.7 Å². The van der Waals surface area contributed by atoms with E-state index in [-0.39, 0.29) is 41.7 Å². The van der Waals surface area contributed by atoms with Gasteiger partial charge in [0.25, 0.3) is 10.1 Å². The average Bonchev–Trinajstić information content (AvgIpc) is 1.80. The van der Waals surface area contributed by atoms with Gasteiger partial charge in [-0.3, -0.25) is 13.7 Å².